The van der Waals surface area contributed by atoms with Crippen LogP contribution < -0.4 is 10.9 Å². The van der Waals surface area contributed by atoms with E-state index in [1.54, 1.807) is 13.8 Å². The second-order valence-electron chi connectivity index (χ2n) is 4.84. The minimum absolute atomic E-state index is 0.0463. The fourth-order valence-corrected chi connectivity index (χ4v) is 3.58. The molecule has 0 atom stereocenters. The Morgan fingerprint density at radius 1 is 1.22 bits per heavy atom. The number of nitrogens with one attached hydrogen (secondary N) is 1. The Balaban J connectivity index is 2.39. The minimum atomic E-state index is -3.81. The van der Waals surface area contributed by atoms with Crippen molar-refractivity contribution in [2.24, 2.45) is 0 Å². The minimum Gasteiger partial charge on any atom is -0.423 e. The lowest BCUT2D eigenvalue weighted by Crippen LogP contribution is -2.40. The van der Waals surface area contributed by atoms with Crippen LogP contribution in [0.3, 0.4) is 0 Å². The fraction of sp³-hybridized carbons (Fsp3) is 0.333. The van der Waals surface area contributed by atoms with Crippen LogP contribution in [0.5, 0.6) is 0 Å². The van der Waals surface area contributed by atoms with E-state index in [4.69, 9.17) is 4.42 Å². The molecule has 1 aromatic carbocycles. The molecule has 1 N–H and O–H groups in total. The highest BCUT2D eigenvalue weighted by atomic mass is 32.2. The third-order valence-electron chi connectivity index (χ3n) is 3.28. The topological polar surface area (TPSA) is 96.7 Å². The number of nitrogens with zero attached hydrogens (tertiary/aromatic N) is 1. The van der Waals surface area contributed by atoms with E-state index >= 15 is 0 Å². The van der Waals surface area contributed by atoms with Gasteiger partial charge in [-0.3, -0.25) is 4.79 Å². The van der Waals surface area contributed by atoms with Crippen LogP contribution in [0.15, 0.2) is 44.4 Å². The summed E-state index contributed by atoms with van der Waals surface area (Å²) in [6.07, 6.45) is 0. The van der Waals surface area contributed by atoms with Crippen molar-refractivity contribution in [2.45, 2.75) is 18.7 Å². The fourth-order valence-electron chi connectivity index (χ4n) is 2.14. The largest absolute Gasteiger partial charge is 0.423 e. The van der Waals surface area contributed by atoms with E-state index in [-0.39, 0.29) is 23.9 Å². The Morgan fingerprint density at radius 2 is 1.96 bits per heavy atom. The number of likely N-dealkylation sites (N-methyl/N-ethyl adjacent to an activating group) is 2. The van der Waals surface area contributed by atoms with Crippen LogP contribution in [-0.2, 0) is 14.8 Å². The van der Waals surface area contributed by atoms with Gasteiger partial charge in [0.1, 0.15) is 5.58 Å². The molecule has 2 rings (SSSR count). The average Bonchev–Trinajstić information content (AvgIpc) is 2.52. The van der Waals surface area contributed by atoms with Crippen molar-refractivity contribution in [3.05, 3.63) is 40.8 Å². The van der Waals surface area contributed by atoms with Gasteiger partial charge in [0.25, 0.3) is 0 Å². The highest BCUT2D eigenvalue weighted by Crippen LogP contribution is 2.21. The normalized spacial score (nSPS) is 11.8. The molecule has 1 amide bonds. The maximum absolute atomic E-state index is 12.7. The molecule has 124 valence electrons. The highest BCUT2D eigenvalue weighted by Gasteiger charge is 2.25. The number of benzene rings is 1. The van der Waals surface area contributed by atoms with Crippen molar-refractivity contribution < 1.29 is 17.6 Å². The van der Waals surface area contributed by atoms with Crippen molar-refractivity contribution >= 4 is 26.9 Å². The SMILES string of the molecule is CCNC(=O)CN(CC)S(=O)(=O)c1ccc2oc(=O)ccc2c1. The van der Waals surface area contributed by atoms with Gasteiger partial charge in [0.2, 0.25) is 15.9 Å². The molecule has 1 aromatic heterocycles. The Kier molecular flexibility index (Phi) is 5.17. The molecule has 0 bridgehead atoms. The molecule has 0 saturated heterocycles. The van der Waals surface area contributed by atoms with Gasteiger partial charge in [0.05, 0.1) is 11.4 Å². The first kappa shape index (κ1) is 17.2. The number of hydrogen-bond donors (Lipinski definition) is 1. The molecule has 0 saturated carbocycles. The summed E-state index contributed by atoms with van der Waals surface area (Å²) < 4.78 is 31.4. The summed E-state index contributed by atoms with van der Waals surface area (Å²) in [6.45, 7) is 3.79. The van der Waals surface area contributed by atoms with E-state index in [1.165, 1.54) is 30.3 Å². The summed E-state index contributed by atoms with van der Waals surface area (Å²) in [4.78, 5) is 22.9. The number of sulfonamides is 1. The molecule has 0 fully saturated rings. The molecule has 8 heteroatoms. The van der Waals surface area contributed by atoms with Gasteiger partial charge in [-0.05, 0) is 31.2 Å². The molecule has 0 unspecified atom stereocenters. The quantitative estimate of drug-likeness (QED) is 0.791. The zero-order valence-corrected chi connectivity index (χ0v) is 13.7. The van der Waals surface area contributed by atoms with E-state index in [2.05, 4.69) is 5.32 Å². The number of fused-ring (bicyclic) bond motifs is 1. The summed E-state index contributed by atoms with van der Waals surface area (Å²) in [7, 11) is -3.81. The monoisotopic (exact) mass is 338 g/mol. The molecule has 1 heterocycles. The third kappa shape index (κ3) is 3.77. The van der Waals surface area contributed by atoms with Crippen LogP contribution >= 0.6 is 0 Å². The zero-order chi connectivity index (χ0) is 17.0. The molecule has 0 aliphatic heterocycles. The number of amides is 1. The predicted molar refractivity (Wildman–Crippen MR) is 85.6 cm³/mol. The van der Waals surface area contributed by atoms with Gasteiger partial charge in [0.15, 0.2) is 0 Å². The van der Waals surface area contributed by atoms with Crippen LogP contribution in [0, 0.1) is 0 Å². The molecule has 0 aliphatic rings. The lowest BCUT2D eigenvalue weighted by molar-refractivity contribution is -0.121. The molecule has 2 aromatic rings. The van der Waals surface area contributed by atoms with E-state index in [0.29, 0.717) is 17.5 Å². The summed E-state index contributed by atoms with van der Waals surface area (Å²) >= 11 is 0. The summed E-state index contributed by atoms with van der Waals surface area (Å²) in [5.41, 5.74) is -0.192. The van der Waals surface area contributed by atoms with Crippen molar-refractivity contribution in [1.82, 2.24) is 9.62 Å². The van der Waals surface area contributed by atoms with Gasteiger partial charge < -0.3 is 9.73 Å². The van der Waals surface area contributed by atoms with E-state index in [0.717, 1.165) is 4.31 Å². The molecular weight excluding hydrogens is 320 g/mol. The smallest absolute Gasteiger partial charge is 0.336 e. The number of rotatable bonds is 6. The number of carbonyl (C=O) groups excluding carboxylic acids is 1. The lowest BCUT2D eigenvalue weighted by Gasteiger charge is -2.20. The van der Waals surface area contributed by atoms with Gasteiger partial charge >= 0.3 is 5.63 Å². The van der Waals surface area contributed by atoms with Gasteiger partial charge in [-0.15, -0.1) is 0 Å². The highest BCUT2D eigenvalue weighted by molar-refractivity contribution is 7.89. The van der Waals surface area contributed by atoms with Crippen LogP contribution in [-0.4, -0.2) is 38.3 Å². The Morgan fingerprint density at radius 3 is 2.61 bits per heavy atom. The van der Waals surface area contributed by atoms with E-state index in [9.17, 15) is 18.0 Å². The first-order valence-corrected chi connectivity index (χ1v) is 8.63. The first-order valence-electron chi connectivity index (χ1n) is 7.19. The van der Waals surface area contributed by atoms with Crippen LogP contribution in [0.1, 0.15) is 13.8 Å². The van der Waals surface area contributed by atoms with Crippen LogP contribution in [0.25, 0.3) is 11.0 Å². The van der Waals surface area contributed by atoms with Gasteiger partial charge in [0, 0.05) is 24.5 Å². The second-order valence-corrected chi connectivity index (χ2v) is 6.78. The Hall–Kier alpha value is -2.19. The average molecular weight is 338 g/mol. The predicted octanol–water partition coefficient (Wildman–Crippen LogP) is 0.940. The summed E-state index contributed by atoms with van der Waals surface area (Å²) in [6, 6.07) is 6.95. The lowest BCUT2D eigenvalue weighted by atomic mass is 10.2. The van der Waals surface area contributed by atoms with Crippen LogP contribution in [0.4, 0.5) is 0 Å². The molecule has 7 nitrogen and oxygen atoms in total. The zero-order valence-electron chi connectivity index (χ0n) is 12.9. The molecule has 23 heavy (non-hydrogen) atoms. The maximum atomic E-state index is 12.7. The van der Waals surface area contributed by atoms with Gasteiger partial charge in [-0.25, -0.2) is 13.2 Å². The first-order chi connectivity index (χ1) is 10.9. The maximum Gasteiger partial charge on any atom is 0.336 e. The van der Waals surface area contributed by atoms with E-state index < -0.39 is 15.6 Å². The molecule has 0 spiro atoms. The Bertz CT molecular complexity index is 873. The molecule has 0 radical (unpaired) electrons. The third-order valence-corrected chi connectivity index (χ3v) is 5.19. The summed E-state index contributed by atoms with van der Waals surface area (Å²) in [5, 5.41) is 3.07. The van der Waals surface area contributed by atoms with Crippen molar-refractivity contribution in [3.8, 4) is 0 Å². The molecular formula is C15H18N2O5S. The van der Waals surface area contributed by atoms with Crippen molar-refractivity contribution in [2.75, 3.05) is 19.6 Å². The van der Waals surface area contributed by atoms with Crippen molar-refractivity contribution in [3.63, 3.8) is 0 Å². The summed E-state index contributed by atoms with van der Waals surface area (Å²) in [5.74, 6) is -0.357. The Labute approximate surface area is 134 Å². The van der Waals surface area contributed by atoms with Gasteiger partial charge in [-0.1, -0.05) is 6.92 Å². The van der Waals surface area contributed by atoms with Crippen LogP contribution in [0.2, 0.25) is 0 Å². The standard InChI is InChI=1S/C15H18N2O5S/c1-3-16-14(18)10-17(4-2)23(20,21)12-6-7-13-11(9-12)5-8-15(19)22-13/h5-9H,3-4,10H2,1-2H3,(H,16,18). The molecule has 0 aliphatic carbocycles. The number of carbonyl (C=O) groups is 1. The van der Waals surface area contributed by atoms with Gasteiger partial charge in [-0.2, -0.15) is 4.31 Å². The number of hydrogen-bond acceptors (Lipinski definition) is 5. The van der Waals surface area contributed by atoms with E-state index in [1.807, 2.05) is 0 Å². The second kappa shape index (κ2) is 6.93. The van der Waals surface area contributed by atoms with Crippen molar-refractivity contribution in [1.29, 1.82) is 0 Å².